The van der Waals surface area contributed by atoms with Crippen LogP contribution in [0.3, 0.4) is 0 Å². The molecule has 0 radical (unpaired) electrons. The molecular formula is C16H35N3O5P2. The quantitative estimate of drug-likeness (QED) is 0.435. The maximum Gasteiger partial charge on any atom is 0.331 e. The van der Waals surface area contributed by atoms with E-state index in [1.54, 1.807) is 0 Å². The van der Waals surface area contributed by atoms with Gasteiger partial charge in [-0.2, -0.15) is 5.26 Å². The van der Waals surface area contributed by atoms with E-state index in [1.807, 2.05) is 44.3 Å². The molecule has 0 saturated carbocycles. The van der Waals surface area contributed by atoms with Crippen molar-refractivity contribution in [1.82, 2.24) is 9.57 Å². The lowest BCUT2D eigenvalue weighted by molar-refractivity contribution is 0.138. The molecule has 0 saturated heterocycles. The van der Waals surface area contributed by atoms with Crippen LogP contribution < -0.4 is 0 Å². The van der Waals surface area contributed by atoms with E-state index in [4.69, 9.17) is 18.8 Å². The first-order valence-electron chi connectivity index (χ1n) is 8.79. The summed E-state index contributed by atoms with van der Waals surface area (Å²) in [6.45, 7) is 8.82. The van der Waals surface area contributed by atoms with E-state index >= 15 is 0 Å². The molecule has 26 heavy (non-hydrogen) atoms. The summed E-state index contributed by atoms with van der Waals surface area (Å²) in [6.07, 6.45) is 1.23. The number of hydrogen-bond acceptors (Lipinski definition) is 8. The van der Waals surface area contributed by atoms with E-state index in [0.717, 1.165) is 0 Å². The van der Waals surface area contributed by atoms with Gasteiger partial charge in [-0.15, -0.1) is 0 Å². The van der Waals surface area contributed by atoms with Gasteiger partial charge in [0.15, 0.2) is 0 Å². The molecule has 0 bridgehead atoms. The molecular weight excluding hydrogens is 376 g/mol. The van der Waals surface area contributed by atoms with Crippen LogP contribution >= 0.6 is 16.1 Å². The molecule has 0 fully saturated rings. The summed E-state index contributed by atoms with van der Waals surface area (Å²) in [5.74, 6) is 0. The second-order valence-corrected chi connectivity index (χ2v) is 10.3. The Bertz CT molecular complexity index is 457. The van der Waals surface area contributed by atoms with Crippen molar-refractivity contribution in [2.45, 2.75) is 58.7 Å². The van der Waals surface area contributed by atoms with Crippen LogP contribution in [-0.4, -0.2) is 73.2 Å². The lowest BCUT2D eigenvalue weighted by Gasteiger charge is -2.35. The summed E-state index contributed by atoms with van der Waals surface area (Å²) in [5, 5.41) is 8.90. The van der Waals surface area contributed by atoms with Crippen LogP contribution in [0, 0.1) is 11.3 Å². The zero-order valence-electron chi connectivity index (χ0n) is 17.1. The summed E-state index contributed by atoms with van der Waals surface area (Å²) in [4.78, 5) is 12.4. The lowest BCUT2D eigenvalue weighted by atomic mass is 10.1. The van der Waals surface area contributed by atoms with Crippen molar-refractivity contribution in [3.63, 3.8) is 0 Å². The molecule has 2 atom stereocenters. The van der Waals surface area contributed by atoms with Gasteiger partial charge in [-0.25, -0.2) is 4.67 Å². The number of rotatable bonds is 14. The molecule has 0 rings (SSSR count). The zero-order chi connectivity index (χ0) is 20.3. The van der Waals surface area contributed by atoms with E-state index in [1.165, 1.54) is 14.2 Å². The van der Waals surface area contributed by atoms with Crippen molar-refractivity contribution < 1.29 is 23.0 Å². The van der Waals surface area contributed by atoms with Crippen molar-refractivity contribution in [2.24, 2.45) is 0 Å². The van der Waals surface area contributed by atoms with Gasteiger partial charge in [0.25, 0.3) is 8.53 Å². The molecule has 8 nitrogen and oxygen atoms in total. The summed E-state index contributed by atoms with van der Waals surface area (Å²) >= 11 is 0. The predicted molar refractivity (Wildman–Crippen MR) is 105 cm³/mol. The van der Waals surface area contributed by atoms with E-state index in [2.05, 4.69) is 6.07 Å². The third-order valence-corrected chi connectivity index (χ3v) is 7.69. The highest BCUT2D eigenvalue weighted by atomic mass is 31.2. The van der Waals surface area contributed by atoms with Crippen molar-refractivity contribution in [2.75, 3.05) is 40.6 Å². The molecule has 0 amide bonds. The van der Waals surface area contributed by atoms with Gasteiger partial charge in [-0.05, 0) is 41.2 Å². The number of hydrogen-bond donors (Lipinski definition) is 1. The van der Waals surface area contributed by atoms with E-state index < -0.39 is 16.1 Å². The molecule has 0 aliphatic rings. The minimum atomic E-state index is -3.08. The maximum atomic E-state index is 12.2. The van der Waals surface area contributed by atoms with Crippen LogP contribution in [0.2, 0.25) is 0 Å². The van der Waals surface area contributed by atoms with Gasteiger partial charge < -0.3 is 23.4 Å². The fourth-order valence-corrected chi connectivity index (χ4v) is 4.90. The molecule has 154 valence electrons. The molecule has 0 aromatic carbocycles. The fraction of sp³-hybridized carbons (Fsp3) is 0.938. The Labute approximate surface area is 159 Å². The van der Waals surface area contributed by atoms with E-state index in [0.29, 0.717) is 26.0 Å². The second kappa shape index (κ2) is 13.1. The van der Waals surface area contributed by atoms with Crippen LogP contribution in [0.15, 0.2) is 0 Å². The van der Waals surface area contributed by atoms with Crippen LogP contribution in [0.5, 0.6) is 0 Å². The Hall–Kier alpha value is -0.0900. The summed E-state index contributed by atoms with van der Waals surface area (Å²) in [6, 6.07) is 2.39. The van der Waals surface area contributed by atoms with Crippen LogP contribution in [0.4, 0.5) is 0 Å². The molecule has 0 aliphatic carbocycles. The summed E-state index contributed by atoms with van der Waals surface area (Å²) in [7, 11) is -0.183. The second-order valence-electron chi connectivity index (χ2n) is 6.65. The van der Waals surface area contributed by atoms with Crippen LogP contribution in [0.25, 0.3) is 0 Å². The lowest BCUT2D eigenvalue weighted by Crippen LogP contribution is -2.38. The third-order valence-electron chi connectivity index (χ3n) is 4.13. The molecule has 0 aliphatic heterocycles. The largest absolute Gasteiger partial charge is 0.338 e. The van der Waals surface area contributed by atoms with Gasteiger partial charge in [0.1, 0.15) is 0 Å². The Morgan fingerprint density at radius 1 is 1.19 bits per heavy atom. The molecule has 0 spiro atoms. The third kappa shape index (κ3) is 9.21. The normalized spacial score (nSPS) is 15.0. The molecule has 2 unspecified atom stereocenters. The van der Waals surface area contributed by atoms with E-state index in [9.17, 15) is 9.46 Å². The van der Waals surface area contributed by atoms with E-state index in [-0.39, 0.29) is 24.3 Å². The average molecular weight is 411 g/mol. The van der Waals surface area contributed by atoms with Gasteiger partial charge >= 0.3 is 7.60 Å². The Morgan fingerprint density at radius 3 is 2.15 bits per heavy atom. The zero-order valence-corrected chi connectivity index (χ0v) is 18.9. The van der Waals surface area contributed by atoms with Gasteiger partial charge in [0.2, 0.25) is 0 Å². The minimum Gasteiger partial charge on any atom is -0.338 e. The fourth-order valence-electron chi connectivity index (χ4n) is 2.59. The highest BCUT2D eigenvalue weighted by molar-refractivity contribution is 7.53. The van der Waals surface area contributed by atoms with Crippen molar-refractivity contribution in [3.05, 3.63) is 0 Å². The predicted octanol–water partition coefficient (Wildman–Crippen LogP) is 3.43. The monoisotopic (exact) mass is 411 g/mol. The highest BCUT2D eigenvalue weighted by Gasteiger charge is 2.27. The SMILES string of the molecule is COP(=O)(CCN(C)C(CCC#N)COP(O)N(C(C)C)C(C)C)OC. The number of nitriles is 1. The Kier molecular flexibility index (Phi) is 13.1. The van der Waals surface area contributed by atoms with Gasteiger partial charge in [-0.3, -0.25) is 4.57 Å². The smallest absolute Gasteiger partial charge is 0.331 e. The number of likely N-dealkylation sites (N-methyl/N-ethyl adjacent to an activating group) is 1. The molecule has 0 heterocycles. The summed E-state index contributed by atoms with van der Waals surface area (Å²) in [5.41, 5.74) is 0. The van der Waals surface area contributed by atoms with Crippen molar-refractivity contribution in [3.8, 4) is 6.07 Å². The van der Waals surface area contributed by atoms with Crippen LogP contribution in [0.1, 0.15) is 40.5 Å². The Morgan fingerprint density at radius 2 is 1.73 bits per heavy atom. The van der Waals surface area contributed by atoms with Gasteiger partial charge in [0.05, 0.1) is 18.8 Å². The molecule has 0 aromatic heterocycles. The topological polar surface area (TPSA) is 95.3 Å². The molecule has 1 N–H and O–H groups in total. The maximum absolute atomic E-state index is 12.2. The summed E-state index contributed by atoms with van der Waals surface area (Å²) < 4.78 is 29.8. The Balaban J connectivity index is 4.83. The average Bonchev–Trinajstić information content (AvgIpc) is 2.58. The first kappa shape index (κ1) is 25.9. The van der Waals surface area contributed by atoms with Crippen molar-refractivity contribution in [1.29, 1.82) is 5.26 Å². The van der Waals surface area contributed by atoms with Gasteiger partial charge in [0, 0.05) is 45.3 Å². The molecule has 10 heteroatoms. The first-order valence-corrected chi connectivity index (χ1v) is 11.7. The van der Waals surface area contributed by atoms with Crippen LogP contribution in [-0.2, 0) is 18.1 Å². The molecule has 0 aromatic rings. The first-order chi connectivity index (χ1) is 12.1. The number of nitrogens with zero attached hydrogens (tertiary/aromatic N) is 3. The standard InChI is InChI=1S/C16H35N3O5P2/c1-14(2)19(15(3)4)25(20)24-13-16(9-8-10-17)18(5)11-12-26(21,22-6)23-7/h14-16,20H,8-9,11-13H2,1-7H3. The van der Waals surface area contributed by atoms with Gasteiger partial charge in [-0.1, -0.05) is 0 Å². The highest BCUT2D eigenvalue weighted by Crippen LogP contribution is 2.46. The van der Waals surface area contributed by atoms with Crippen molar-refractivity contribution >= 4 is 16.1 Å². The minimum absolute atomic E-state index is 0.0739.